The second kappa shape index (κ2) is 6.51. The number of nitrogens with one attached hydrogen (secondary N) is 1. The number of anilines is 1. The molecule has 0 aliphatic heterocycles. The van der Waals surface area contributed by atoms with Gasteiger partial charge in [-0.05, 0) is 24.6 Å². The number of carbonyl (C=O) groups is 1. The number of rotatable bonds is 4. The van der Waals surface area contributed by atoms with E-state index < -0.39 is 0 Å². The van der Waals surface area contributed by atoms with Crippen molar-refractivity contribution in [2.75, 3.05) is 11.2 Å². The van der Waals surface area contributed by atoms with Gasteiger partial charge in [-0.15, -0.1) is 11.6 Å². The summed E-state index contributed by atoms with van der Waals surface area (Å²) in [6.45, 7) is 0. The molecule has 0 atom stereocenters. The first-order valence-electron chi connectivity index (χ1n) is 4.73. The molecular formula is C11H10BrClN2O. The van der Waals surface area contributed by atoms with Crippen LogP contribution in [-0.4, -0.2) is 11.8 Å². The molecule has 1 aromatic rings. The molecule has 0 radical (unpaired) electrons. The van der Waals surface area contributed by atoms with Gasteiger partial charge >= 0.3 is 0 Å². The highest BCUT2D eigenvalue weighted by molar-refractivity contribution is 9.10. The Bertz CT molecular complexity index is 428. The van der Waals surface area contributed by atoms with Gasteiger partial charge in [0.05, 0.1) is 11.3 Å². The van der Waals surface area contributed by atoms with E-state index >= 15 is 0 Å². The number of benzene rings is 1. The van der Waals surface area contributed by atoms with E-state index in [0.29, 0.717) is 30.0 Å². The van der Waals surface area contributed by atoms with E-state index in [-0.39, 0.29) is 5.91 Å². The van der Waals surface area contributed by atoms with Crippen LogP contribution in [-0.2, 0) is 4.79 Å². The minimum Gasteiger partial charge on any atom is -0.325 e. The van der Waals surface area contributed by atoms with Gasteiger partial charge in [0, 0.05) is 16.8 Å². The van der Waals surface area contributed by atoms with Gasteiger partial charge in [-0.25, -0.2) is 0 Å². The molecule has 1 N–H and O–H groups in total. The molecule has 0 saturated heterocycles. The number of halogens is 2. The number of carbonyl (C=O) groups excluding carboxylic acids is 1. The van der Waals surface area contributed by atoms with E-state index in [1.54, 1.807) is 18.2 Å². The third-order valence-corrected chi connectivity index (χ3v) is 2.67. The van der Waals surface area contributed by atoms with Crippen molar-refractivity contribution in [1.29, 1.82) is 5.26 Å². The van der Waals surface area contributed by atoms with Crippen molar-refractivity contribution in [3.8, 4) is 6.07 Å². The standard InChI is InChI=1S/C11H10BrClN2O/c12-9-4-3-8(7-14)10(6-9)15-11(16)2-1-5-13/h3-4,6H,1-2,5H2,(H,15,16). The van der Waals surface area contributed by atoms with Crippen LogP contribution in [0.1, 0.15) is 18.4 Å². The Labute approximate surface area is 108 Å². The van der Waals surface area contributed by atoms with Crippen LogP contribution in [0.25, 0.3) is 0 Å². The molecule has 0 aromatic heterocycles. The second-order valence-electron chi connectivity index (χ2n) is 3.14. The summed E-state index contributed by atoms with van der Waals surface area (Å²) in [7, 11) is 0. The van der Waals surface area contributed by atoms with Crippen LogP contribution in [0, 0.1) is 11.3 Å². The quantitative estimate of drug-likeness (QED) is 0.868. The number of hydrogen-bond acceptors (Lipinski definition) is 2. The van der Waals surface area contributed by atoms with Crippen LogP contribution in [0.15, 0.2) is 22.7 Å². The van der Waals surface area contributed by atoms with Crippen LogP contribution in [0.5, 0.6) is 0 Å². The van der Waals surface area contributed by atoms with E-state index in [2.05, 4.69) is 21.2 Å². The molecule has 1 aromatic carbocycles. The number of amides is 1. The summed E-state index contributed by atoms with van der Waals surface area (Å²) in [6.07, 6.45) is 0.990. The molecule has 1 rings (SSSR count). The number of nitriles is 1. The maximum Gasteiger partial charge on any atom is 0.224 e. The van der Waals surface area contributed by atoms with Crippen LogP contribution in [0.4, 0.5) is 5.69 Å². The van der Waals surface area contributed by atoms with E-state index in [0.717, 1.165) is 4.47 Å². The number of nitrogens with zero attached hydrogens (tertiary/aromatic N) is 1. The Kier molecular flexibility index (Phi) is 5.30. The fraction of sp³-hybridized carbons (Fsp3) is 0.273. The summed E-state index contributed by atoms with van der Waals surface area (Å²) in [4.78, 5) is 11.5. The monoisotopic (exact) mass is 300 g/mol. The molecule has 0 bridgehead atoms. The molecule has 0 saturated carbocycles. The highest BCUT2D eigenvalue weighted by Gasteiger charge is 2.06. The molecule has 0 aliphatic rings. The summed E-state index contributed by atoms with van der Waals surface area (Å²) in [5.74, 6) is 0.326. The lowest BCUT2D eigenvalue weighted by molar-refractivity contribution is -0.116. The summed E-state index contributed by atoms with van der Waals surface area (Å²) in [6, 6.07) is 7.14. The highest BCUT2D eigenvalue weighted by atomic mass is 79.9. The lowest BCUT2D eigenvalue weighted by Crippen LogP contribution is -2.12. The molecule has 0 heterocycles. The van der Waals surface area contributed by atoms with Gasteiger partial charge in [0.2, 0.25) is 5.91 Å². The van der Waals surface area contributed by atoms with E-state index in [9.17, 15) is 4.79 Å². The predicted molar refractivity (Wildman–Crippen MR) is 67.4 cm³/mol. The Morgan fingerprint density at radius 2 is 2.31 bits per heavy atom. The van der Waals surface area contributed by atoms with Crippen molar-refractivity contribution in [2.45, 2.75) is 12.8 Å². The Hall–Kier alpha value is -1.05. The first kappa shape index (κ1) is 13.0. The number of alkyl halides is 1. The molecule has 3 nitrogen and oxygen atoms in total. The van der Waals surface area contributed by atoms with Crippen LogP contribution in [0.3, 0.4) is 0 Å². The van der Waals surface area contributed by atoms with Gasteiger partial charge < -0.3 is 5.32 Å². The van der Waals surface area contributed by atoms with Gasteiger partial charge in [0.15, 0.2) is 0 Å². The zero-order valence-corrected chi connectivity index (χ0v) is 10.8. The molecule has 0 spiro atoms. The fourth-order valence-corrected chi connectivity index (χ4v) is 1.65. The van der Waals surface area contributed by atoms with Crippen molar-refractivity contribution < 1.29 is 4.79 Å². The van der Waals surface area contributed by atoms with Crippen LogP contribution in [0.2, 0.25) is 0 Å². The first-order valence-corrected chi connectivity index (χ1v) is 6.05. The van der Waals surface area contributed by atoms with Gasteiger partial charge in [0.1, 0.15) is 6.07 Å². The average molecular weight is 302 g/mol. The Balaban J connectivity index is 2.76. The van der Waals surface area contributed by atoms with Crippen molar-refractivity contribution in [2.24, 2.45) is 0 Å². The molecule has 1 amide bonds. The van der Waals surface area contributed by atoms with Gasteiger partial charge in [-0.2, -0.15) is 5.26 Å². The predicted octanol–water partition coefficient (Wildman–Crippen LogP) is 3.28. The average Bonchev–Trinajstić information content (AvgIpc) is 2.27. The third-order valence-electron chi connectivity index (χ3n) is 1.91. The SMILES string of the molecule is N#Cc1ccc(Br)cc1NC(=O)CCCCl. The van der Waals surface area contributed by atoms with Crippen molar-refractivity contribution in [3.05, 3.63) is 28.2 Å². The maximum atomic E-state index is 11.5. The summed E-state index contributed by atoms with van der Waals surface area (Å²) >= 11 is 8.78. The van der Waals surface area contributed by atoms with Crippen LogP contribution < -0.4 is 5.32 Å². The largest absolute Gasteiger partial charge is 0.325 e. The zero-order chi connectivity index (χ0) is 12.0. The van der Waals surface area contributed by atoms with E-state index in [4.69, 9.17) is 16.9 Å². The molecule has 0 fully saturated rings. The van der Waals surface area contributed by atoms with Crippen molar-refractivity contribution in [3.63, 3.8) is 0 Å². The summed E-state index contributed by atoms with van der Waals surface area (Å²) < 4.78 is 0.819. The topological polar surface area (TPSA) is 52.9 Å². The van der Waals surface area contributed by atoms with Gasteiger partial charge in [-0.3, -0.25) is 4.79 Å². The van der Waals surface area contributed by atoms with Crippen LogP contribution >= 0.6 is 27.5 Å². The smallest absolute Gasteiger partial charge is 0.224 e. The zero-order valence-electron chi connectivity index (χ0n) is 8.46. The Morgan fingerprint density at radius 3 is 2.94 bits per heavy atom. The highest BCUT2D eigenvalue weighted by Crippen LogP contribution is 2.21. The molecule has 5 heteroatoms. The maximum absolute atomic E-state index is 11.5. The molecule has 0 unspecified atom stereocenters. The fourth-order valence-electron chi connectivity index (χ4n) is 1.16. The second-order valence-corrected chi connectivity index (χ2v) is 4.44. The van der Waals surface area contributed by atoms with E-state index in [1.807, 2.05) is 6.07 Å². The van der Waals surface area contributed by atoms with Gasteiger partial charge in [-0.1, -0.05) is 15.9 Å². The molecule has 0 aliphatic carbocycles. The van der Waals surface area contributed by atoms with E-state index in [1.165, 1.54) is 0 Å². The summed E-state index contributed by atoms with van der Waals surface area (Å²) in [5.41, 5.74) is 0.971. The molecule has 84 valence electrons. The molecule has 16 heavy (non-hydrogen) atoms. The molecular weight excluding hydrogens is 291 g/mol. The minimum atomic E-state index is -0.129. The van der Waals surface area contributed by atoms with Crippen molar-refractivity contribution in [1.82, 2.24) is 0 Å². The Morgan fingerprint density at radius 1 is 1.56 bits per heavy atom. The third kappa shape index (κ3) is 3.84. The van der Waals surface area contributed by atoms with Gasteiger partial charge in [0.25, 0.3) is 0 Å². The normalized spacial score (nSPS) is 9.56. The lowest BCUT2D eigenvalue weighted by Gasteiger charge is -2.06. The first-order chi connectivity index (χ1) is 7.67. The summed E-state index contributed by atoms with van der Waals surface area (Å²) in [5, 5.41) is 11.5. The number of hydrogen-bond donors (Lipinski definition) is 1. The minimum absolute atomic E-state index is 0.129. The lowest BCUT2D eigenvalue weighted by atomic mass is 10.2. The van der Waals surface area contributed by atoms with Crippen molar-refractivity contribution >= 4 is 39.1 Å².